The van der Waals surface area contributed by atoms with E-state index >= 15 is 0 Å². The summed E-state index contributed by atoms with van der Waals surface area (Å²) in [6, 6.07) is 11.1. The Balaban J connectivity index is 1.62. The van der Waals surface area contributed by atoms with Crippen LogP contribution in [0, 0.1) is 17.6 Å². The van der Waals surface area contributed by atoms with Gasteiger partial charge in [-0.1, -0.05) is 43.6 Å². The van der Waals surface area contributed by atoms with Crippen LogP contribution >= 0.6 is 11.6 Å². The Kier molecular flexibility index (Phi) is 9.02. The van der Waals surface area contributed by atoms with Crippen LogP contribution < -0.4 is 0 Å². The molecule has 4 nitrogen and oxygen atoms in total. The van der Waals surface area contributed by atoms with Gasteiger partial charge in [-0.3, -0.25) is 9.69 Å². The van der Waals surface area contributed by atoms with Crippen molar-refractivity contribution in [3.05, 3.63) is 70.2 Å². The number of nitrogens with zero attached hydrogens (tertiary/aromatic N) is 2. The van der Waals surface area contributed by atoms with Crippen molar-refractivity contribution in [3.63, 3.8) is 0 Å². The highest BCUT2D eigenvalue weighted by Crippen LogP contribution is 2.25. The predicted molar refractivity (Wildman–Crippen MR) is 122 cm³/mol. The molecule has 1 aliphatic rings. The van der Waals surface area contributed by atoms with Crippen LogP contribution in [-0.4, -0.2) is 48.4 Å². The summed E-state index contributed by atoms with van der Waals surface area (Å²) in [5.74, 6) is -0.516. The first kappa shape index (κ1) is 24.6. The van der Waals surface area contributed by atoms with Crippen LogP contribution in [0.15, 0.2) is 42.5 Å². The van der Waals surface area contributed by atoms with Gasteiger partial charge in [-0.25, -0.2) is 8.78 Å². The van der Waals surface area contributed by atoms with Gasteiger partial charge in [0.15, 0.2) is 0 Å². The highest BCUT2D eigenvalue weighted by molar-refractivity contribution is 6.30. The van der Waals surface area contributed by atoms with Gasteiger partial charge in [-0.2, -0.15) is 0 Å². The van der Waals surface area contributed by atoms with Crippen LogP contribution in [0.25, 0.3) is 0 Å². The Bertz CT molecular complexity index is 864. The summed E-state index contributed by atoms with van der Waals surface area (Å²) >= 11 is 6.03. The lowest BCUT2D eigenvalue weighted by molar-refractivity contribution is -0.133. The molecule has 32 heavy (non-hydrogen) atoms. The molecule has 7 heteroatoms. The average Bonchev–Trinajstić information content (AvgIpc) is 2.77. The van der Waals surface area contributed by atoms with Crippen LogP contribution in [-0.2, 0) is 16.1 Å². The Labute approximate surface area is 194 Å². The normalized spacial score (nSPS) is 15.9. The van der Waals surface area contributed by atoms with E-state index in [0.29, 0.717) is 37.0 Å². The molecule has 3 rings (SSSR count). The SMILES string of the molecule is CC(C)CCC(=O)N1CCN(C[C@H](OCc2c(F)cccc2F)c2ccc(Cl)cc2)CC1. The van der Waals surface area contributed by atoms with Crippen molar-refractivity contribution in [1.82, 2.24) is 9.80 Å². The molecule has 0 radical (unpaired) electrons. The highest BCUT2D eigenvalue weighted by Gasteiger charge is 2.24. The smallest absolute Gasteiger partial charge is 0.222 e. The molecule has 1 aliphatic heterocycles. The van der Waals surface area contributed by atoms with Crippen LogP contribution in [0.4, 0.5) is 8.78 Å². The topological polar surface area (TPSA) is 32.8 Å². The van der Waals surface area contributed by atoms with Gasteiger partial charge < -0.3 is 9.64 Å². The van der Waals surface area contributed by atoms with Crippen LogP contribution in [0.1, 0.15) is 43.9 Å². The number of carbonyl (C=O) groups excluding carboxylic acids is 1. The Hall–Kier alpha value is -2.02. The lowest BCUT2D eigenvalue weighted by atomic mass is 10.1. The average molecular weight is 465 g/mol. The van der Waals surface area contributed by atoms with E-state index in [2.05, 4.69) is 18.7 Å². The largest absolute Gasteiger partial charge is 0.367 e. The van der Waals surface area contributed by atoms with E-state index in [4.69, 9.17) is 16.3 Å². The van der Waals surface area contributed by atoms with Crippen molar-refractivity contribution in [2.24, 2.45) is 5.92 Å². The summed E-state index contributed by atoms with van der Waals surface area (Å²) in [6.07, 6.45) is 1.11. The molecule has 1 fully saturated rings. The molecule has 0 bridgehead atoms. The van der Waals surface area contributed by atoms with E-state index in [0.717, 1.165) is 25.1 Å². The van der Waals surface area contributed by atoms with E-state index in [1.54, 1.807) is 12.1 Å². The van der Waals surface area contributed by atoms with Gasteiger partial charge in [-0.05, 0) is 42.2 Å². The van der Waals surface area contributed by atoms with Crippen molar-refractivity contribution in [2.45, 2.75) is 39.4 Å². The maximum Gasteiger partial charge on any atom is 0.222 e. The van der Waals surface area contributed by atoms with Crippen molar-refractivity contribution in [1.29, 1.82) is 0 Å². The number of ether oxygens (including phenoxy) is 1. The van der Waals surface area contributed by atoms with E-state index in [-0.39, 0.29) is 24.2 Å². The minimum atomic E-state index is -0.617. The lowest BCUT2D eigenvalue weighted by Gasteiger charge is -2.36. The quantitative estimate of drug-likeness (QED) is 0.494. The first-order valence-corrected chi connectivity index (χ1v) is 11.5. The van der Waals surface area contributed by atoms with E-state index in [9.17, 15) is 13.6 Å². The lowest BCUT2D eigenvalue weighted by Crippen LogP contribution is -2.49. The number of amides is 1. The Morgan fingerprint density at radius 1 is 1.03 bits per heavy atom. The molecule has 174 valence electrons. The number of hydrogen-bond acceptors (Lipinski definition) is 3. The zero-order chi connectivity index (χ0) is 23.1. The molecule has 2 aromatic carbocycles. The second-order valence-electron chi connectivity index (χ2n) is 8.67. The molecule has 2 aromatic rings. The second-order valence-corrected chi connectivity index (χ2v) is 9.10. The van der Waals surface area contributed by atoms with Gasteiger partial charge in [0.1, 0.15) is 11.6 Å². The first-order chi connectivity index (χ1) is 15.3. The van der Waals surface area contributed by atoms with E-state index in [1.807, 2.05) is 17.0 Å². The molecule has 1 saturated heterocycles. The summed E-state index contributed by atoms with van der Waals surface area (Å²) in [5, 5.41) is 0.612. The molecule has 1 heterocycles. The van der Waals surface area contributed by atoms with Crippen LogP contribution in [0.5, 0.6) is 0 Å². The maximum absolute atomic E-state index is 14.1. The zero-order valence-corrected chi connectivity index (χ0v) is 19.5. The van der Waals surface area contributed by atoms with Crippen LogP contribution in [0.2, 0.25) is 5.02 Å². The predicted octanol–water partition coefficient (Wildman–Crippen LogP) is 5.46. The zero-order valence-electron chi connectivity index (χ0n) is 18.7. The third-order valence-electron chi connectivity index (χ3n) is 5.82. The molecular formula is C25H31ClF2N2O2. The first-order valence-electron chi connectivity index (χ1n) is 11.1. The molecule has 1 amide bonds. The van der Waals surface area contributed by atoms with E-state index in [1.165, 1.54) is 18.2 Å². The second kappa shape index (κ2) is 11.7. The molecule has 0 unspecified atom stereocenters. The van der Waals surface area contributed by atoms with Gasteiger partial charge in [0.25, 0.3) is 0 Å². The monoisotopic (exact) mass is 464 g/mol. The Morgan fingerprint density at radius 3 is 2.25 bits per heavy atom. The van der Waals surface area contributed by atoms with Gasteiger partial charge in [-0.15, -0.1) is 0 Å². The number of hydrogen-bond donors (Lipinski definition) is 0. The van der Waals surface area contributed by atoms with Crippen molar-refractivity contribution in [2.75, 3.05) is 32.7 Å². The molecule has 1 atom stereocenters. The summed E-state index contributed by atoms with van der Waals surface area (Å²) in [4.78, 5) is 16.6. The molecular weight excluding hydrogens is 434 g/mol. The summed E-state index contributed by atoms with van der Waals surface area (Å²) < 4.78 is 34.1. The summed E-state index contributed by atoms with van der Waals surface area (Å²) in [7, 11) is 0. The molecule has 0 N–H and O–H groups in total. The number of piperazine rings is 1. The van der Waals surface area contributed by atoms with Gasteiger partial charge in [0, 0.05) is 49.7 Å². The molecule has 0 spiro atoms. The fourth-order valence-corrected chi connectivity index (χ4v) is 3.90. The number of carbonyl (C=O) groups is 1. The van der Waals surface area contributed by atoms with Gasteiger partial charge >= 0.3 is 0 Å². The van der Waals surface area contributed by atoms with Crippen LogP contribution in [0.3, 0.4) is 0 Å². The Morgan fingerprint density at radius 2 is 1.66 bits per heavy atom. The van der Waals surface area contributed by atoms with Crippen molar-refractivity contribution >= 4 is 17.5 Å². The fourth-order valence-electron chi connectivity index (χ4n) is 3.77. The minimum absolute atomic E-state index is 0.0768. The molecule has 0 aliphatic carbocycles. The highest BCUT2D eigenvalue weighted by atomic mass is 35.5. The molecule has 0 aromatic heterocycles. The maximum atomic E-state index is 14.1. The standard InChI is InChI=1S/C25H31ClF2N2O2/c1-18(2)6-11-25(31)30-14-12-29(13-15-30)16-24(19-7-9-20(26)10-8-19)32-17-21-22(27)4-3-5-23(21)28/h3-5,7-10,18,24H,6,11-17H2,1-2H3/t24-/m0/s1. The van der Waals surface area contributed by atoms with Crippen molar-refractivity contribution < 1.29 is 18.3 Å². The minimum Gasteiger partial charge on any atom is -0.367 e. The van der Waals surface area contributed by atoms with Crippen molar-refractivity contribution in [3.8, 4) is 0 Å². The summed E-state index contributed by atoms with van der Waals surface area (Å²) in [5.41, 5.74) is 0.814. The number of benzene rings is 2. The molecule has 0 saturated carbocycles. The summed E-state index contributed by atoms with van der Waals surface area (Å²) in [6.45, 7) is 7.44. The van der Waals surface area contributed by atoms with E-state index < -0.39 is 11.6 Å². The number of halogens is 3. The fraction of sp³-hybridized carbons (Fsp3) is 0.480. The number of rotatable bonds is 9. The third kappa shape index (κ3) is 6.99. The van der Waals surface area contributed by atoms with Gasteiger partial charge in [0.05, 0.1) is 12.7 Å². The van der Waals surface area contributed by atoms with Gasteiger partial charge in [0.2, 0.25) is 5.91 Å². The third-order valence-corrected chi connectivity index (χ3v) is 6.07.